The summed E-state index contributed by atoms with van der Waals surface area (Å²) in [6, 6.07) is 9.29. The van der Waals surface area contributed by atoms with Crippen LogP contribution in [0.15, 0.2) is 24.3 Å². The molecule has 0 bridgehead atoms. The highest BCUT2D eigenvalue weighted by Gasteiger charge is 2.35. The van der Waals surface area contributed by atoms with Gasteiger partial charge in [0.05, 0.1) is 13.2 Å². The van der Waals surface area contributed by atoms with Gasteiger partial charge in [-0.05, 0) is 43.6 Å². The molecule has 2 saturated heterocycles. The second kappa shape index (κ2) is 9.87. The molecule has 5 nitrogen and oxygen atoms in total. The van der Waals surface area contributed by atoms with Gasteiger partial charge < -0.3 is 14.4 Å². The highest BCUT2D eigenvalue weighted by atomic mass is 16.5. The quantitative estimate of drug-likeness (QED) is 0.696. The molecule has 0 saturated carbocycles. The van der Waals surface area contributed by atoms with E-state index in [1.54, 1.807) is 0 Å². The average Bonchev–Trinajstić information content (AvgIpc) is 3.07. The van der Waals surface area contributed by atoms with Crippen LogP contribution in [-0.2, 0) is 11.3 Å². The molecule has 0 unspecified atom stereocenters. The summed E-state index contributed by atoms with van der Waals surface area (Å²) in [5.74, 6) is 2.45. The number of hydrogen-bond acceptors (Lipinski definition) is 5. The van der Waals surface area contributed by atoms with Gasteiger partial charge in [0.15, 0.2) is 0 Å². The van der Waals surface area contributed by atoms with Gasteiger partial charge in [-0.25, -0.2) is 0 Å². The van der Waals surface area contributed by atoms with E-state index in [9.17, 15) is 0 Å². The number of likely N-dealkylation sites (N-methyl/N-ethyl adjacent to an activating group) is 1. The molecule has 0 aliphatic carbocycles. The summed E-state index contributed by atoms with van der Waals surface area (Å²) in [4.78, 5) is 7.41. The Morgan fingerprint density at radius 1 is 1.15 bits per heavy atom. The number of likely N-dealkylation sites (tertiary alicyclic amines) is 1. The van der Waals surface area contributed by atoms with Crippen LogP contribution in [0.25, 0.3) is 0 Å². The van der Waals surface area contributed by atoms with E-state index in [0.29, 0.717) is 6.04 Å². The smallest absolute Gasteiger partial charge is 0.119 e. The number of rotatable bonds is 8. The third kappa shape index (κ3) is 5.92. The molecular weight excluding hydrogens is 338 g/mol. The minimum absolute atomic E-state index is 0.651. The van der Waals surface area contributed by atoms with Crippen LogP contribution in [0.1, 0.15) is 19.4 Å². The van der Waals surface area contributed by atoms with Crippen molar-refractivity contribution in [1.82, 2.24) is 14.7 Å². The average molecular weight is 376 g/mol. The molecule has 2 fully saturated rings. The predicted octanol–water partition coefficient (Wildman–Crippen LogP) is 2.42. The van der Waals surface area contributed by atoms with E-state index in [0.717, 1.165) is 70.1 Å². The Labute approximate surface area is 165 Å². The summed E-state index contributed by atoms with van der Waals surface area (Å²) in [5, 5.41) is 0. The van der Waals surface area contributed by atoms with Gasteiger partial charge in [-0.1, -0.05) is 26.0 Å². The normalized spacial score (nSPS) is 24.8. The molecule has 0 radical (unpaired) electrons. The second-order valence-electron chi connectivity index (χ2n) is 8.58. The third-order valence-electron chi connectivity index (χ3n) is 6.01. The number of nitrogens with zero attached hydrogens (tertiary/aromatic N) is 3. The Kier molecular flexibility index (Phi) is 7.53. The van der Waals surface area contributed by atoms with E-state index < -0.39 is 0 Å². The summed E-state index contributed by atoms with van der Waals surface area (Å²) < 4.78 is 11.4. The highest BCUT2D eigenvalue weighted by Crippen LogP contribution is 2.28. The van der Waals surface area contributed by atoms with Gasteiger partial charge in [0.1, 0.15) is 12.4 Å². The van der Waals surface area contributed by atoms with Crippen LogP contribution in [0.5, 0.6) is 5.75 Å². The zero-order chi connectivity index (χ0) is 19.2. The first-order valence-corrected chi connectivity index (χ1v) is 10.4. The lowest BCUT2D eigenvalue weighted by Crippen LogP contribution is -2.38. The van der Waals surface area contributed by atoms with Crippen molar-refractivity contribution in [2.75, 3.05) is 66.6 Å². The second-order valence-corrected chi connectivity index (χ2v) is 8.58. The Morgan fingerprint density at radius 3 is 2.59 bits per heavy atom. The lowest BCUT2D eigenvalue weighted by molar-refractivity contribution is 0.0322. The van der Waals surface area contributed by atoms with Gasteiger partial charge in [-0.2, -0.15) is 0 Å². The first kappa shape index (κ1) is 20.6. The van der Waals surface area contributed by atoms with Gasteiger partial charge >= 0.3 is 0 Å². The van der Waals surface area contributed by atoms with Gasteiger partial charge in [0.2, 0.25) is 0 Å². The maximum Gasteiger partial charge on any atom is 0.119 e. The van der Waals surface area contributed by atoms with Crippen molar-refractivity contribution < 1.29 is 9.47 Å². The molecule has 1 aromatic rings. The maximum atomic E-state index is 6.02. The van der Waals surface area contributed by atoms with E-state index in [4.69, 9.17) is 9.47 Å². The molecule has 3 rings (SSSR count). The summed E-state index contributed by atoms with van der Waals surface area (Å²) in [6.45, 7) is 13.5. The Morgan fingerprint density at radius 2 is 1.93 bits per heavy atom. The van der Waals surface area contributed by atoms with E-state index in [2.05, 4.69) is 66.9 Å². The van der Waals surface area contributed by atoms with E-state index >= 15 is 0 Å². The van der Waals surface area contributed by atoms with Crippen LogP contribution in [0.4, 0.5) is 0 Å². The first-order chi connectivity index (χ1) is 13.0. The van der Waals surface area contributed by atoms with Crippen molar-refractivity contribution in [2.24, 2.45) is 11.8 Å². The van der Waals surface area contributed by atoms with E-state index in [1.807, 2.05) is 0 Å². The summed E-state index contributed by atoms with van der Waals surface area (Å²) >= 11 is 0. The molecule has 5 heteroatoms. The molecule has 2 heterocycles. The molecule has 0 N–H and O–H groups in total. The van der Waals surface area contributed by atoms with Gasteiger partial charge in [0.25, 0.3) is 0 Å². The highest BCUT2D eigenvalue weighted by molar-refractivity contribution is 5.28. The lowest BCUT2D eigenvalue weighted by atomic mass is 9.91. The van der Waals surface area contributed by atoms with Crippen molar-refractivity contribution in [1.29, 1.82) is 0 Å². The fourth-order valence-corrected chi connectivity index (χ4v) is 4.33. The Hall–Kier alpha value is -1.14. The van der Waals surface area contributed by atoms with Gasteiger partial charge in [-0.15, -0.1) is 0 Å². The molecule has 1 aromatic carbocycles. The van der Waals surface area contributed by atoms with Crippen LogP contribution >= 0.6 is 0 Å². The van der Waals surface area contributed by atoms with Crippen molar-refractivity contribution >= 4 is 0 Å². The van der Waals surface area contributed by atoms with Crippen LogP contribution in [0, 0.1) is 11.8 Å². The number of hydrogen-bond donors (Lipinski definition) is 0. The molecule has 2 aliphatic rings. The van der Waals surface area contributed by atoms with E-state index in [1.165, 1.54) is 12.1 Å². The largest absolute Gasteiger partial charge is 0.492 e. The lowest BCUT2D eigenvalue weighted by Gasteiger charge is -2.27. The molecule has 0 amide bonds. The zero-order valence-electron chi connectivity index (χ0n) is 17.6. The molecule has 27 heavy (non-hydrogen) atoms. The molecule has 2 atom stereocenters. The van der Waals surface area contributed by atoms with Crippen LogP contribution in [0.2, 0.25) is 0 Å². The minimum atomic E-state index is 0.651. The molecule has 0 spiro atoms. The molecule has 0 aromatic heterocycles. The number of ether oxygens (including phenoxy) is 2. The first-order valence-electron chi connectivity index (χ1n) is 10.4. The monoisotopic (exact) mass is 375 g/mol. The summed E-state index contributed by atoms with van der Waals surface area (Å²) in [6.07, 6.45) is 0. The summed E-state index contributed by atoms with van der Waals surface area (Å²) in [5.41, 5.74) is 1.35. The predicted molar refractivity (Wildman–Crippen MR) is 110 cm³/mol. The minimum Gasteiger partial charge on any atom is -0.492 e. The standard InChI is InChI=1S/C22H37N3O2/c1-18(2)21-16-25(17-22(21)23(3)4)15-19-6-5-7-20(14-19)27-13-10-24-8-11-26-12-9-24/h5-7,14,18,21-22H,8-13,15-17H2,1-4H3/t21-,22+/m0/s1. The molecule has 152 valence electrons. The van der Waals surface area contributed by atoms with Crippen molar-refractivity contribution in [2.45, 2.75) is 26.4 Å². The van der Waals surface area contributed by atoms with Crippen LogP contribution in [0.3, 0.4) is 0 Å². The van der Waals surface area contributed by atoms with Crippen molar-refractivity contribution in [3.8, 4) is 5.75 Å². The summed E-state index contributed by atoms with van der Waals surface area (Å²) in [7, 11) is 4.43. The van der Waals surface area contributed by atoms with Crippen LogP contribution in [-0.4, -0.2) is 87.4 Å². The maximum absolute atomic E-state index is 6.02. The zero-order valence-corrected chi connectivity index (χ0v) is 17.6. The Balaban J connectivity index is 1.50. The fraction of sp³-hybridized carbons (Fsp3) is 0.727. The Bertz CT molecular complexity index is 556. The van der Waals surface area contributed by atoms with E-state index in [-0.39, 0.29) is 0 Å². The van der Waals surface area contributed by atoms with Crippen molar-refractivity contribution in [3.63, 3.8) is 0 Å². The number of morpholine rings is 1. The fourth-order valence-electron chi connectivity index (χ4n) is 4.33. The van der Waals surface area contributed by atoms with Crippen molar-refractivity contribution in [3.05, 3.63) is 29.8 Å². The SMILES string of the molecule is CC(C)[C@@H]1CN(Cc2cccc(OCCN3CCOCC3)c2)C[C@H]1N(C)C. The van der Waals surface area contributed by atoms with Gasteiger partial charge in [-0.3, -0.25) is 9.80 Å². The van der Waals surface area contributed by atoms with Crippen LogP contribution < -0.4 is 4.74 Å². The topological polar surface area (TPSA) is 28.2 Å². The molecule has 2 aliphatic heterocycles. The number of benzene rings is 1. The third-order valence-corrected chi connectivity index (χ3v) is 6.01. The van der Waals surface area contributed by atoms with Gasteiger partial charge in [0, 0.05) is 45.3 Å². The molecular formula is C22H37N3O2.